The van der Waals surface area contributed by atoms with Gasteiger partial charge >= 0.3 is 0 Å². The highest BCUT2D eigenvalue weighted by atomic mass is 32.2. The van der Waals surface area contributed by atoms with Crippen LogP contribution in [0.15, 0.2) is 23.1 Å². The average molecular weight is 256 g/mol. The molecule has 1 amide bonds. The second-order valence-electron chi connectivity index (χ2n) is 3.84. The zero-order chi connectivity index (χ0) is 13.1. The van der Waals surface area contributed by atoms with E-state index in [-0.39, 0.29) is 10.8 Å². The third-order valence-electron chi connectivity index (χ3n) is 2.18. The maximum Gasteiger partial charge on any atom is 0.251 e. The summed E-state index contributed by atoms with van der Waals surface area (Å²) in [5.41, 5.74) is 0.987. The van der Waals surface area contributed by atoms with Gasteiger partial charge in [0, 0.05) is 12.1 Å². The Balaban J connectivity index is 3.10. The van der Waals surface area contributed by atoms with E-state index in [9.17, 15) is 13.2 Å². The lowest BCUT2D eigenvalue weighted by Crippen LogP contribution is -2.24. The van der Waals surface area contributed by atoms with Gasteiger partial charge in [-0.2, -0.15) is 0 Å². The molecule has 0 aliphatic rings. The van der Waals surface area contributed by atoms with Crippen LogP contribution in [0.5, 0.6) is 0 Å². The van der Waals surface area contributed by atoms with E-state index in [0.717, 1.165) is 6.42 Å². The van der Waals surface area contributed by atoms with E-state index in [1.54, 1.807) is 13.0 Å². The molecule has 1 aromatic carbocycles. The number of aryl methyl sites for hydroxylation is 1. The molecule has 0 unspecified atom stereocenters. The molecule has 1 aromatic rings. The first-order valence-electron chi connectivity index (χ1n) is 5.27. The molecular weight excluding hydrogens is 240 g/mol. The van der Waals surface area contributed by atoms with Gasteiger partial charge in [-0.3, -0.25) is 4.79 Å². The molecule has 0 saturated carbocycles. The molecule has 3 N–H and O–H groups in total. The minimum absolute atomic E-state index is 0.0425. The van der Waals surface area contributed by atoms with Gasteiger partial charge in [0.2, 0.25) is 10.0 Å². The van der Waals surface area contributed by atoms with Crippen LogP contribution in [0.25, 0.3) is 0 Å². The normalized spacial score (nSPS) is 11.2. The monoisotopic (exact) mass is 256 g/mol. The zero-order valence-electron chi connectivity index (χ0n) is 9.86. The lowest BCUT2D eigenvalue weighted by atomic mass is 10.1. The Kier molecular flexibility index (Phi) is 4.25. The van der Waals surface area contributed by atoms with Crippen LogP contribution in [0.3, 0.4) is 0 Å². The summed E-state index contributed by atoms with van der Waals surface area (Å²) in [7, 11) is -3.78. The minimum Gasteiger partial charge on any atom is -0.352 e. The Hall–Kier alpha value is -1.40. The van der Waals surface area contributed by atoms with Crippen LogP contribution >= 0.6 is 0 Å². The lowest BCUT2D eigenvalue weighted by Gasteiger charge is -2.06. The van der Waals surface area contributed by atoms with Gasteiger partial charge in [0.05, 0.1) is 4.90 Å². The molecule has 0 aliphatic heterocycles. The fourth-order valence-electron chi connectivity index (χ4n) is 1.38. The number of rotatable bonds is 4. The second-order valence-corrected chi connectivity index (χ2v) is 5.40. The summed E-state index contributed by atoms with van der Waals surface area (Å²) in [4.78, 5) is 11.6. The molecule has 5 nitrogen and oxygen atoms in total. The van der Waals surface area contributed by atoms with E-state index >= 15 is 0 Å². The second kappa shape index (κ2) is 5.29. The van der Waals surface area contributed by atoms with Crippen LogP contribution in [0.2, 0.25) is 0 Å². The molecular formula is C11H16N2O3S. The fourth-order valence-corrected chi connectivity index (χ4v) is 2.03. The SMILES string of the molecule is CCCNC(=O)c1cc(C)cc(S(N)(=O)=O)c1. The van der Waals surface area contributed by atoms with Crippen molar-refractivity contribution in [2.75, 3.05) is 6.54 Å². The van der Waals surface area contributed by atoms with Crippen LogP contribution in [-0.2, 0) is 10.0 Å². The first-order chi connectivity index (χ1) is 7.84. The maximum atomic E-state index is 11.7. The van der Waals surface area contributed by atoms with Crippen molar-refractivity contribution >= 4 is 15.9 Å². The van der Waals surface area contributed by atoms with Crippen LogP contribution in [0.1, 0.15) is 29.3 Å². The lowest BCUT2D eigenvalue weighted by molar-refractivity contribution is 0.0953. The first kappa shape index (κ1) is 13.7. The summed E-state index contributed by atoms with van der Waals surface area (Å²) in [5, 5.41) is 7.72. The van der Waals surface area contributed by atoms with Gasteiger partial charge in [-0.1, -0.05) is 6.92 Å². The summed E-state index contributed by atoms with van der Waals surface area (Å²) in [6.07, 6.45) is 0.819. The van der Waals surface area contributed by atoms with Crippen molar-refractivity contribution in [3.63, 3.8) is 0 Å². The molecule has 17 heavy (non-hydrogen) atoms. The van der Waals surface area contributed by atoms with Crippen molar-refractivity contribution in [2.24, 2.45) is 5.14 Å². The predicted molar refractivity (Wildman–Crippen MR) is 65.2 cm³/mol. The average Bonchev–Trinajstić information content (AvgIpc) is 2.23. The Morgan fingerprint density at radius 1 is 1.35 bits per heavy atom. The number of amides is 1. The van der Waals surface area contributed by atoms with Crippen LogP contribution in [-0.4, -0.2) is 20.9 Å². The quantitative estimate of drug-likeness (QED) is 0.834. The highest BCUT2D eigenvalue weighted by Gasteiger charge is 2.13. The zero-order valence-corrected chi connectivity index (χ0v) is 10.7. The van der Waals surface area contributed by atoms with Crippen molar-refractivity contribution in [3.8, 4) is 0 Å². The van der Waals surface area contributed by atoms with Gasteiger partial charge in [-0.05, 0) is 37.1 Å². The highest BCUT2D eigenvalue weighted by molar-refractivity contribution is 7.89. The molecule has 0 saturated heterocycles. The first-order valence-corrected chi connectivity index (χ1v) is 6.82. The fraction of sp³-hybridized carbons (Fsp3) is 0.364. The molecule has 6 heteroatoms. The van der Waals surface area contributed by atoms with Crippen LogP contribution < -0.4 is 10.5 Å². The largest absolute Gasteiger partial charge is 0.352 e. The van der Waals surface area contributed by atoms with Gasteiger partial charge in [0.25, 0.3) is 5.91 Å². The molecule has 0 spiro atoms. The van der Waals surface area contributed by atoms with Crippen molar-refractivity contribution in [1.29, 1.82) is 0 Å². The molecule has 0 atom stereocenters. The number of carbonyl (C=O) groups is 1. The van der Waals surface area contributed by atoms with E-state index in [0.29, 0.717) is 17.7 Å². The van der Waals surface area contributed by atoms with Gasteiger partial charge < -0.3 is 5.32 Å². The summed E-state index contributed by atoms with van der Waals surface area (Å²) in [6, 6.07) is 4.35. The Labute approximate surface area is 101 Å². The van der Waals surface area contributed by atoms with Crippen molar-refractivity contribution in [1.82, 2.24) is 5.32 Å². The predicted octanol–water partition coefficient (Wildman–Crippen LogP) is 0.782. The number of benzene rings is 1. The third kappa shape index (κ3) is 3.83. The van der Waals surface area contributed by atoms with Gasteiger partial charge in [-0.25, -0.2) is 13.6 Å². The number of carbonyl (C=O) groups excluding carboxylic acids is 1. The highest BCUT2D eigenvalue weighted by Crippen LogP contribution is 2.13. The number of hydrogen-bond donors (Lipinski definition) is 2. The van der Waals surface area contributed by atoms with Crippen LogP contribution in [0.4, 0.5) is 0 Å². The maximum absolute atomic E-state index is 11.7. The smallest absolute Gasteiger partial charge is 0.251 e. The van der Waals surface area contributed by atoms with Crippen molar-refractivity contribution in [3.05, 3.63) is 29.3 Å². The third-order valence-corrected chi connectivity index (χ3v) is 3.07. The summed E-state index contributed by atoms with van der Waals surface area (Å²) < 4.78 is 22.4. The summed E-state index contributed by atoms with van der Waals surface area (Å²) >= 11 is 0. The number of nitrogens with one attached hydrogen (secondary N) is 1. The molecule has 0 aliphatic carbocycles. The topological polar surface area (TPSA) is 89.3 Å². The van der Waals surface area contributed by atoms with E-state index in [1.807, 2.05) is 6.92 Å². The van der Waals surface area contributed by atoms with E-state index in [1.165, 1.54) is 12.1 Å². The van der Waals surface area contributed by atoms with Gasteiger partial charge in [0.1, 0.15) is 0 Å². The van der Waals surface area contributed by atoms with Gasteiger partial charge in [0.15, 0.2) is 0 Å². The van der Waals surface area contributed by atoms with Crippen LogP contribution in [0, 0.1) is 6.92 Å². The Bertz CT molecular complexity index is 524. The molecule has 0 bridgehead atoms. The van der Waals surface area contributed by atoms with Crippen molar-refractivity contribution in [2.45, 2.75) is 25.2 Å². The molecule has 1 rings (SSSR count). The summed E-state index contributed by atoms with van der Waals surface area (Å²) in [5.74, 6) is -0.291. The Morgan fingerprint density at radius 3 is 2.53 bits per heavy atom. The molecule has 0 fully saturated rings. The summed E-state index contributed by atoms with van der Waals surface area (Å²) in [6.45, 7) is 4.20. The van der Waals surface area contributed by atoms with Gasteiger partial charge in [-0.15, -0.1) is 0 Å². The number of sulfonamides is 1. The number of nitrogens with two attached hydrogens (primary N) is 1. The number of hydrogen-bond acceptors (Lipinski definition) is 3. The standard InChI is InChI=1S/C11H16N2O3S/c1-3-4-13-11(14)9-5-8(2)6-10(7-9)17(12,15)16/h5-7H,3-4H2,1-2H3,(H,13,14)(H2,12,15,16). The van der Waals surface area contributed by atoms with E-state index in [2.05, 4.69) is 5.32 Å². The van der Waals surface area contributed by atoms with Crippen molar-refractivity contribution < 1.29 is 13.2 Å². The molecule has 0 heterocycles. The molecule has 0 aromatic heterocycles. The Morgan fingerprint density at radius 2 is 2.00 bits per heavy atom. The minimum atomic E-state index is -3.78. The molecule has 94 valence electrons. The number of primary sulfonamides is 1. The molecule has 0 radical (unpaired) electrons. The van der Waals surface area contributed by atoms with E-state index < -0.39 is 10.0 Å². The van der Waals surface area contributed by atoms with E-state index in [4.69, 9.17) is 5.14 Å².